The third kappa shape index (κ3) is 4.49. The summed E-state index contributed by atoms with van der Waals surface area (Å²) >= 11 is 2.24. The van der Waals surface area contributed by atoms with Gasteiger partial charge >= 0.3 is 6.03 Å². The fourth-order valence-corrected chi connectivity index (χ4v) is 2.58. The summed E-state index contributed by atoms with van der Waals surface area (Å²) in [6.45, 7) is 1.96. The lowest BCUT2D eigenvalue weighted by atomic mass is 10.2. The van der Waals surface area contributed by atoms with Crippen molar-refractivity contribution in [2.24, 2.45) is 0 Å². The number of hydrogen-bond donors (Lipinski definition) is 2. The lowest BCUT2D eigenvalue weighted by Gasteiger charge is -2.08. The van der Waals surface area contributed by atoms with Gasteiger partial charge in [0.2, 0.25) is 0 Å². The number of carbonyl (C=O) groups is 1. The average Bonchev–Trinajstić information content (AvgIpc) is 2.50. The molecular formula is C17H17IN2O2. The molecule has 114 valence electrons. The number of urea groups is 1. The van der Waals surface area contributed by atoms with Crippen LogP contribution >= 0.6 is 22.6 Å². The van der Waals surface area contributed by atoms with Crippen LogP contribution in [0.15, 0.2) is 48.7 Å². The third-order valence-corrected chi connectivity index (χ3v) is 3.72. The summed E-state index contributed by atoms with van der Waals surface area (Å²) in [4.78, 5) is 11.9. The van der Waals surface area contributed by atoms with E-state index < -0.39 is 0 Å². The smallest absolute Gasteiger partial charge is 0.323 e. The maximum absolute atomic E-state index is 11.9. The van der Waals surface area contributed by atoms with Crippen molar-refractivity contribution in [3.8, 4) is 5.75 Å². The number of aryl methyl sites for hydroxylation is 1. The first-order valence-electron chi connectivity index (χ1n) is 6.73. The van der Waals surface area contributed by atoms with Crippen molar-refractivity contribution in [1.82, 2.24) is 5.32 Å². The molecule has 0 fully saturated rings. The van der Waals surface area contributed by atoms with E-state index in [-0.39, 0.29) is 6.03 Å². The molecular weight excluding hydrogens is 391 g/mol. The summed E-state index contributed by atoms with van der Waals surface area (Å²) in [5, 5.41) is 5.50. The predicted molar refractivity (Wildman–Crippen MR) is 98.1 cm³/mol. The molecule has 4 nitrogen and oxygen atoms in total. The van der Waals surface area contributed by atoms with E-state index in [0.29, 0.717) is 0 Å². The van der Waals surface area contributed by atoms with Crippen LogP contribution in [-0.2, 0) is 0 Å². The Hall–Kier alpha value is -2.02. The standard InChI is InChI=1S/C17H17IN2O2/c1-12-11-14(18)7-8-15(12)20-17(21)19-10-9-13-5-3-4-6-16(13)22-2/h3-11H,1-2H3,(H2,19,20,21)/b10-9+. The Morgan fingerprint density at radius 3 is 2.73 bits per heavy atom. The Balaban J connectivity index is 1.96. The average molecular weight is 408 g/mol. The minimum Gasteiger partial charge on any atom is -0.496 e. The van der Waals surface area contributed by atoms with Gasteiger partial charge in [0.1, 0.15) is 5.75 Å². The van der Waals surface area contributed by atoms with Crippen LogP contribution in [0, 0.1) is 10.5 Å². The van der Waals surface area contributed by atoms with E-state index in [0.717, 1.165) is 26.1 Å². The number of ether oxygens (including phenoxy) is 1. The van der Waals surface area contributed by atoms with E-state index in [9.17, 15) is 4.79 Å². The van der Waals surface area contributed by atoms with Crippen LogP contribution in [0.2, 0.25) is 0 Å². The zero-order valence-electron chi connectivity index (χ0n) is 12.4. The molecule has 0 aliphatic heterocycles. The van der Waals surface area contributed by atoms with Crippen molar-refractivity contribution in [1.29, 1.82) is 0 Å². The van der Waals surface area contributed by atoms with Gasteiger partial charge in [-0.3, -0.25) is 0 Å². The molecule has 0 unspecified atom stereocenters. The highest BCUT2D eigenvalue weighted by Gasteiger charge is 2.03. The summed E-state index contributed by atoms with van der Waals surface area (Å²) < 4.78 is 6.38. The monoisotopic (exact) mass is 408 g/mol. The van der Waals surface area contributed by atoms with Crippen molar-refractivity contribution in [2.75, 3.05) is 12.4 Å². The summed E-state index contributed by atoms with van der Waals surface area (Å²) in [5.41, 5.74) is 2.72. The summed E-state index contributed by atoms with van der Waals surface area (Å²) in [5.74, 6) is 0.759. The number of para-hydroxylation sites is 1. The highest BCUT2D eigenvalue weighted by Crippen LogP contribution is 2.19. The summed E-state index contributed by atoms with van der Waals surface area (Å²) in [6.07, 6.45) is 3.38. The first-order valence-corrected chi connectivity index (χ1v) is 7.81. The number of amides is 2. The fraction of sp³-hybridized carbons (Fsp3) is 0.118. The van der Waals surface area contributed by atoms with Gasteiger partial charge < -0.3 is 15.4 Å². The molecule has 0 radical (unpaired) electrons. The van der Waals surface area contributed by atoms with Crippen LogP contribution in [0.4, 0.5) is 10.5 Å². The molecule has 0 atom stereocenters. The second-order valence-corrected chi connectivity index (χ2v) is 5.88. The molecule has 0 saturated heterocycles. The SMILES string of the molecule is COc1ccccc1/C=C/NC(=O)Nc1ccc(I)cc1C. The zero-order valence-corrected chi connectivity index (χ0v) is 14.5. The van der Waals surface area contributed by atoms with Gasteiger partial charge in [-0.05, 0) is 65.4 Å². The Bertz CT molecular complexity index is 699. The van der Waals surface area contributed by atoms with Crippen molar-refractivity contribution in [2.45, 2.75) is 6.92 Å². The fourth-order valence-electron chi connectivity index (χ4n) is 1.94. The number of anilines is 1. The molecule has 0 spiro atoms. The van der Waals surface area contributed by atoms with Gasteiger partial charge in [0, 0.05) is 21.0 Å². The first kappa shape index (κ1) is 16.4. The van der Waals surface area contributed by atoms with Crippen LogP contribution < -0.4 is 15.4 Å². The Kier molecular flexibility index (Phi) is 5.83. The molecule has 22 heavy (non-hydrogen) atoms. The molecule has 2 aromatic rings. The zero-order chi connectivity index (χ0) is 15.9. The number of nitrogens with one attached hydrogen (secondary N) is 2. The number of halogens is 1. The van der Waals surface area contributed by atoms with Gasteiger partial charge in [0.15, 0.2) is 0 Å². The number of benzene rings is 2. The maximum atomic E-state index is 11.9. The van der Waals surface area contributed by atoms with Gasteiger partial charge in [-0.25, -0.2) is 4.79 Å². The van der Waals surface area contributed by atoms with Gasteiger partial charge in [-0.2, -0.15) is 0 Å². The minimum atomic E-state index is -0.282. The molecule has 0 bridgehead atoms. The number of carbonyl (C=O) groups excluding carboxylic acids is 1. The molecule has 2 amide bonds. The van der Waals surface area contributed by atoms with E-state index in [1.807, 2.05) is 49.4 Å². The lowest BCUT2D eigenvalue weighted by molar-refractivity contribution is 0.255. The van der Waals surface area contributed by atoms with Crippen molar-refractivity contribution in [3.05, 3.63) is 63.4 Å². The molecule has 2 N–H and O–H groups in total. The molecule has 0 saturated carbocycles. The lowest BCUT2D eigenvalue weighted by Crippen LogP contribution is -2.24. The number of hydrogen-bond acceptors (Lipinski definition) is 2. The van der Waals surface area contributed by atoms with Crippen molar-refractivity contribution < 1.29 is 9.53 Å². The third-order valence-electron chi connectivity index (χ3n) is 3.05. The summed E-state index contributed by atoms with van der Waals surface area (Å²) in [7, 11) is 1.62. The minimum absolute atomic E-state index is 0.282. The topological polar surface area (TPSA) is 50.4 Å². The van der Waals surface area contributed by atoms with E-state index in [1.165, 1.54) is 0 Å². The van der Waals surface area contributed by atoms with Crippen molar-refractivity contribution >= 4 is 40.4 Å². The maximum Gasteiger partial charge on any atom is 0.323 e. The predicted octanol–water partition coefficient (Wildman–Crippen LogP) is 4.40. The first-order chi connectivity index (χ1) is 10.6. The van der Waals surface area contributed by atoms with Gasteiger partial charge in [-0.1, -0.05) is 18.2 Å². The molecule has 2 aromatic carbocycles. The van der Waals surface area contributed by atoms with E-state index >= 15 is 0 Å². The quantitative estimate of drug-likeness (QED) is 0.737. The second-order valence-electron chi connectivity index (χ2n) is 4.63. The normalized spacial score (nSPS) is 10.5. The van der Waals surface area contributed by atoms with Crippen LogP contribution in [0.5, 0.6) is 5.75 Å². The van der Waals surface area contributed by atoms with Crippen molar-refractivity contribution in [3.63, 3.8) is 0 Å². The Morgan fingerprint density at radius 2 is 2.00 bits per heavy atom. The largest absolute Gasteiger partial charge is 0.496 e. The van der Waals surface area contributed by atoms with E-state index in [2.05, 4.69) is 33.2 Å². The molecule has 0 aliphatic rings. The van der Waals surface area contributed by atoms with Gasteiger partial charge in [0.25, 0.3) is 0 Å². The second kappa shape index (κ2) is 7.84. The van der Waals surface area contributed by atoms with E-state index in [4.69, 9.17) is 4.74 Å². The van der Waals surface area contributed by atoms with Gasteiger partial charge in [0.05, 0.1) is 7.11 Å². The Labute approximate surface area is 143 Å². The molecule has 5 heteroatoms. The van der Waals surface area contributed by atoms with Crippen LogP contribution in [-0.4, -0.2) is 13.1 Å². The molecule has 0 aromatic heterocycles. The molecule has 2 rings (SSSR count). The number of methoxy groups -OCH3 is 1. The summed E-state index contributed by atoms with van der Waals surface area (Å²) in [6, 6.07) is 13.2. The van der Waals surface area contributed by atoms with Crippen LogP contribution in [0.25, 0.3) is 6.08 Å². The van der Waals surface area contributed by atoms with E-state index in [1.54, 1.807) is 19.4 Å². The highest BCUT2D eigenvalue weighted by atomic mass is 127. The van der Waals surface area contributed by atoms with Crippen LogP contribution in [0.3, 0.4) is 0 Å². The highest BCUT2D eigenvalue weighted by molar-refractivity contribution is 14.1. The van der Waals surface area contributed by atoms with Crippen LogP contribution in [0.1, 0.15) is 11.1 Å². The van der Waals surface area contributed by atoms with Gasteiger partial charge in [-0.15, -0.1) is 0 Å². The Morgan fingerprint density at radius 1 is 1.23 bits per heavy atom. The molecule has 0 aliphatic carbocycles. The molecule has 0 heterocycles. The number of rotatable bonds is 4.